The molecule has 0 spiro atoms. The molecule has 0 fully saturated rings. The minimum absolute atomic E-state index is 0.423. The molecule has 0 amide bonds. The topological polar surface area (TPSA) is 61.1 Å². The minimum atomic E-state index is -4.14. The number of aryl methyl sites for hydroxylation is 2. The van der Waals surface area contributed by atoms with Gasteiger partial charge in [0.05, 0.1) is 15.9 Å². The molecule has 0 saturated heterocycles. The van der Waals surface area contributed by atoms with Gasteiger partial charge in [-0.3, -0.25) is 0 Å². The van der Waals surface area contributed by atoms with E-state index in [-0.39, 0.29) is 0 Å². The molecule has 1 aromatic carbocycles. The fourth-order valence-corrected chi connectivity index (χ4v) is 2.12. The Morgan fingerprint density at radius 3 is 2.15 bits per heavy atom. The summed E-state index contributed by atoms with van der Waals surface area (Å²) in [5.41, 5.74) is 1.58. The van der Waals surface area contributed by atoms with Crippen molar-refractivity contribution in [3.05, 3.63) is 64.9 Å². The normalized spacial score (nSPS) is 10.6. The Kier molecular flexibility index (Phi) is 6.13. The maximum atomic E-state index is 10.3. The molecule has 0 aliphatic carbocycles. The number of rotatable bonds is 2. The van der Waals surface area contributed by atoms with Gasteiger partial charge in [-0.2, -0.15) is 4.57 Å². The third kappa shape index (κ3) is 6.65. The van der Waals surface area contributed by atoms with Crippen LogP contribution < -0.4 is 4.57 Å². The molecule has 2 aromatic rings. The zero-order valence-corrected chi connectivity index (χ0v) is 12.9. The van der Waals surface area contributed by atoms with Crippen molar-refractivity contribution in [1.82, 2.24) is 0 Å². The van der Waals surface area contributed by atoms with E-state index in [2.05, 4.69) is 0 Å². The molecule has 0 bridgehead atoms. The van der Waals surface area contributed by atoms with E-state index < -0.39 is 15.9 Å². The van der Waals surface area contributed by atoms with E-state index >= 15 is 0 Å². The summed E-state index contributed by atoms with van der Waals surface area (Å²) in [4.78, 5) is 0. The van der Waals surface area contributed by atoms with Crippen LogP contribution in [-0.4, -0.2) is 13.0 Å². The molecule has 0 unspecified atom stereocenters. The highest BCUT2D eigenvalue weighted by Crippen LogP contribution is 2.06. The molecule has 1 heterocycles. The summed E-state index contributed by atoms with van der Waals surface area (Å²) >= 11 is 5.67. The van der Waals surface area contributed by atoms with Crippen LogP contribution >= 0.6 is 11.6 Å². The summed E-state index contributed by atoms with van der Waals surface area (Å²) in [6, 6.07) is 12.5. The number of nitrogens with zero attached hydrogens (tertiary/aromatic N) is 1. The second kappa shape index (κ2) is 7.38. The molecular formula is C14H16ClNO3S. The van der Waals surface area contributed by atoms with E-state index in [0.29, 0.717) is 5.56 Å². The van der Waals surface area contributed by atoms with Gasteiger partial charge in [0.1, 0.15) is 7.05 Å². The number of hydrogen-bond acceptors (Lipinski definition) is 3. The largest absolute Gasteiger partial charge is 0.748 e. The average molecular weight is 314 g/mol. The Morgan fingerprint density at radius 2 is 1.75 bits per heavy atom. The summed E-state index contributed by atoms with van der Waals surface area (Å²) in [6.45, 7) is 1.90. The molecule has 6 heteroatoms. The van der Waals surface area contributed by atoms with Crippen molar-refractivity contribution in [2.24, 2.45) is 7.05 Å². The Labute approximate surface area is 124 Å². The summed E-state index contributed by atoms with van der Waals surface area (Å²) in [5, 5.41) is 0.757. The maximum absolute atomic E-state index is 10.3. The van der Waals surface area contributed by atoms with E-state index in [4.69, 9.17) is 11.6 Å². The van der Waals surface area contributed by atoms with Crippen molar-refractivity contribution in [2.75, 3.05) is 0 Å². The first kappa shape index (κ1) is 16.6. The predicted octanol–water partition coefficient (Wildman–Crippen LogP) is 2.20. The molecule has 0 radical (unpaired) electrons. The van der Waals surface area contributed by atoms with Gasteiger partial charge in [0.25, 0.3) is 5.15 Å². The van der Waals surface area contributed by atoms with Crippen LogP contribution in [0.15, 0.2) is 48.7 Å². The second-order valence-corrected chi connectivity index (χ2v) is 6.11. The van der Waals surface area contributed by atoms with Crippen LogP contribution in [0.4, 0.5) is 0 Å². The smallest absolute Gasteiger partial charge is 0.274 e. The average Bonchev–Trinajstić information content (AvgIpc) is 2.35. The van der Waals surface area contributed by atoms with E-state index in [1.807, 2.05) is 42.9 Å². The van der Waals surface area contributed by atoms with E-state index in [1.54, 1.807) is 24.3 Å². The third-order valence-corrected chi connectivity index (χ3v) is 3.54. The highest BCUT2D eigenvalue weighted by Gasteiger charge is 1.97. The summed E-state index contributed by atoms with van der Waals surface area (Å²) in [5.74, 6) is -0.423. The lowest BCUT2D eigenvalue weighted by atomic mass is 10.2. The number of benzene rings is 1. The molecule has 108 valence electrons. The third-order valence-electron chi connectivity index (χ3n) is 2.46. The lowest BCUT2D eigenvalue weighted by molar-refractivity contribution is -0.669. The van der Waals surface area contributed by atoms with Gasteiger partial charge in [0.15, 0.2) is 6.20 Å². The first-order valence-corrected chi connectivity index (χ1v) is 7.83. The molecule has 0 atom stereocenters. The van der Waals surface area contributed by atoms with Crippen molar-refractivity contribution in [1.29, 1.82) is 0 Å². The van der Waals surface area contributed by atoms with Crippen LogP contribution in [0.5, 0.6) is 0 Å². The standard InChI is InChI=1S/C8H10O3S.C6H7ClN/c1-7-2-4-8(5-3-7)6-12(9,10)11;1-8-5-3-2-4-6(8)7/h2-5H,6H2,1H3,(H,9,10,11);2-5H,1H3/q;+1/p-1. The molecule has 0 aliphatic heterocycles. The van der Waals surface area contributed by atoms with Crippen LogP contribution in [0.2, 0.25) is 5.15 Å². The fraction of sp³-hybridized carbons (Fsp3) is 0.214. The van der Waals surface area contributed by atoms with Gasteiger partial charge in [-0.1, -0.05) is 29.8 Å². The SMILES string of the molecule is C[n+]1ccccc1Cl.Cc1ccc(CS(=O)(=O)[O-])cc1. The number of aromatic nitrogens is 1. The first-order valence-electron chi connectivity index (χ1n) is 5.87. The Bertz CT molecular complexity index is 633. The van der Waals surface area contributed by atoms with Crippen molar-refractivity contribution in [2.45, 2.75) is 12.7 Å². The van der Waals surface area contributed by atoms with Gasteiger partial charge in [0.2, 0.25) is 0 Å². The van der Waals surface area contributed by atoms with Gasteiger partial charge >= 0.3 is 0 Å². The predicted molar refractivity (Wildman–Crippen MR) is 77.2 cm³/mol. The van der Waals surface area contributed by atoms with Gasteiger partial charge in [0, 0.05) is 12.1 Å². The van der Waals surface area contributed by atoms with Gasteiger partial charge in [-0.05, 0) is 30.2 Å². The Hall–Kier alpha value is -1.43. The van der Waals surface area contributed by atoms with Crippen LogP contribution in [0.1, 0.15) is 11.1 Å². The zero-order valence-electron chi connectivity index (χ0n) is 11.3. The highest BCUT2D eigenvalue weighted by atomic mass is 35.5. The van der Waals surface area contributed by atoms with Crippen molar-refractivity contribution in [3.63, 3.8) is 0 Å². The van der Waals surface area contributed by atoms with Crippen LogP contribution in [0.25, 0.3) is 0 Å². The van der Waals surface area contributed by atoms with Gasteiger partial charge in [-0.25, -0.2) is 8.42 Å². The molecule has 0 N–H and O–H groups in total. The van der Waals surface area contributed by atoms with Gasteiger partial charge in [-0.15, -0.1) is 0 Å². The number of halogens is 1. The van der Waals surface area contributed by atoms with Crippen LogP contribution in [0, 0.1) is 6.92 Å². The molecule has 4 nitrogen and oxygen atoms in total. The van der Waals surface area contributed by atoms with E-state index in [9.17, 15) is 13.0 Å². The zero-order chi connectivity index (χ0) is 15.2. The Morgan fingerprint density at radius 1 is 1.15 bits per heavy atom. The van der Waals surface area contributed by atoms with Crippen LogP contribution in [0.3, 0.4) is 0 Å². The molecule has 20 heavy (non-hydrogen) atoms. The number of pyridine rings is 1. The minimum Gasteiger partial charge on any atom is -0.748 e. The molecular weight excluding hydrogens is 298 g/mol. The fourth-order valence-electron chi connectivity index (χ4n) is 1.39. The quantitative estimate of drug-likeness (QED) is 0.485. The van der Waals surface area contributed by atoms with E-state index in [0.717, 1.165) is 10.7 Å². The van der Waals surface area contributed by atoms with E-state index in [1.165, 1.54) is 0 Å². The monoisotopic (exact) mass is 313 g/mol. The van der Waals surface area contributed by atoms with Gasteiger partial charge < -0.3 is 4.55 Å². The molecule has 0 saturated carbocycles. The van der Waals surface area contributed by atoms with Crippen molar-refractivity contribution in [3.8, 4) is 0 Å². The number of hydrogen-bond donors (Lipinski definition) is 0. The van der Waals surface area contributed by atoms with Crippen molar-refractivity contribution < 1.29 is 17.5 Å². The Balaban J connectivity index is 0.000000217. The molecule has 0 aliphatic rings. The maximum Gasteiger partial charge on any atom is 0.274 e. The first-order chi connectivity index (χ1) is 9.28. The summed E-state index contributed by atoms with van der Waals surface area (Å²) in [6.07, 6.45) is 1.91. The molecule has 2 rings (SSSR count). The van der Waals surface area contributed by atoms with Crippen molar-refractivity contribution >= 4 is 21.7 Å². The highest BCUT2D eigenvalue weighted by molar-refractivity contribution is 7.84. The lowest BCUT2D eigenvalue weighted by Crippen LogP contribution is -2.27. The second-order valence-electron chi connectivity index (χ2n) is 4.32. The molecule has 1 aromatic heterocycles. The van der Waals surface area contributed by atoms with Crippen LogP contribution in [-0.2, 0) is 22.9 Å². The summed E-state index contributed by atoms with van der Waals surface area (Å²) in [7, 11) is -2.23. The summed E-state index contributed by atoms with van der Waals surface area (Å²) < 4.78 is 32.8. The lowest BCUT2D eigenvalue weighted by Gasteiger charge is -2.06.